The number of carbonyl (C=O) groups is 2. The highest BCUT2D eigenvalue weighted by molar-refractivity contribution is 6.20. The van der Waals surface area contributed by atoms with Crippen LogP contribution in [0.25, 0.3) is 17.0 Å². The lowest BCUT2D eigenvalue weighted by molar-refractivity contribution is -0.135. The highest BCUT2D eigenvalue weighted by Gasteiger charge is 2.21. The Morgan fingerprint density at radius 2 is 1.91 bits per heavy atom. The molecule has 0 aliphatic heterocycles. The van der Waals surface area contributed by atoms with Crippen molar-refractivity contribution in [3.8, 4) is 17.6 Å². The molecule has 0 radical (unpaired) electrons. The number of para-hydroxylation sites is 1. The molecule has 2 aromatic carbocycles. The third-order valence-electron chi connectivity index (χ3n) is 5.16. The molecule has 0 saturated carbocycles. The maximum absolute atomic E-state index is 13.2. The predicted octanol–water partition coefficient (Wildman–Crippen LogP) is 4.52. The number of carbonyl (C=O) groups excluding carboxylic acids is 2. The smallest absolute Gasteiger partial charge is 0.262 e. The van der Waals surface area contributed by atoms with Crippen molar-refractivity contribution in [2.75, 3.05) is 20.7 Å². The van der Waals surface area contributed by atoms with Gasteiger partial charge in [-0.3, -0.25) is 9.59 Å². The number of allylic oxidation sites excluding steroid dienone is 1. The van der Waals surface area contributed by atoms with Crippen LogP contribution < -0.4 is 9.47 Å². The zero-order chi connectivity index (χ0) is 24.1. The number of likely N-dealkylation sites (N-methyl/N-ethyl adjacent to an activating group) is 1. The number of Topliss-reactive ketones (excluding diaryl/α,β-unsaturated/α-hetero) is 1. The van der Waals surface area contributed by atoms with E-state index in [-0.39, 0.29) is 17.3 Å². The Kier molecular flexibility index (Phi) is 7.19. The van der Waals surface area contributed by atoms with Crippen LogP contribution in [0.4, 0.5) is 0 Å². The highest BCUT2D eigenvalue weighted by atomic mass is 16.5. The van der Waals surface area contributed by atoms with Crippen LogP contribution in [-0.2, 0) is 4.79 Å². The van der Waals surface area contributed by atoms with Gasteiger partial charge in [0.15, 0.2) is 17.6 Å². The van der Waals surface area contributed by atoms with E-state index in [0.29, 0.717) is 34.9 Å². The first-order valence-electron chi connectivity index (χ1n) is 10.6. The van der Waals surface area contributed by atoms with Gasteiger partial charge in [-0.15, -0.1) is 0 Å². The second-order valence-corrected chi connectivity index (χ2v) is 7.80. The molecule has 1 N–H and O–H groups in total. The number of aryl methyl sites for hydroxylation is 1. The van der Waals surface area contributed by atoms with E-state index in [1.165, 1.54) is 11.0 Å². The van der Waals surface area contributed by atoms with Gasteiger partial charge in [-0.2, -0.15) is 5.26 Å². The Bertz CT molecular complexity index is 1260. The number of hydrogen-bond donors (Lipinski definition) is 1. The average Bonchev–Trinajstić information content (AvgIpc) is 3.13. The fraction of sp³-hybridized carbons (Fsp3) is 0.269. The molecule has 3 rings (SSSR count). The first kappa shape index (κ1) is 23.6. The van der Waals surface area contributed by atoms with Crippen molar-refractivity contribution in [3.63, 3.8) is 0 Å². The summed E-state index contributed by atoms with van der Waals surface area (Å²) in [6.45, 7) is 5.71. The van der Waals surface area contributed by atoms with Crippen LogP contribution in [0.2, 0.25) is 0 Å². The molecule has 1 amide bonds. The van der Waals surface area contributed by atoms with Gasteiger partial charge in [0.05, 0.1) is 12.2 Å². The Balaban J connectivity index is 1.95. The number of ether oxygens (including phenoxy) is 2. The molecule has 7 heteroatoms. The van der Waals surface area contributed by atoms with Crippen molar-refractivity contribution in [2.24, 2.45) is 0 Å². The molecule has 0 spiro atoms. The molecule has 1 unspecified atom stereocenters. The normalized spacial score (nSPS) is 12.2. The van der Waals surface area contributed by atoms with Gasteiger partial charge in [-0.1, -0.05) is 24.3 Å². The number of benzene rings is 2. The summed E-state index contributed by atoms with van der Waals surface area (Å²) < 4.78 is 11.5. The molecule has 1 aromatic heterocycles. The number of nitriles is 1. The number of ketones is 1. The summed E-state index contributed by atoms with van der Waals surface area (Å²) in [5.74, 6) is 0.315. The molecule has 3 aromatic rings. The molecular weight excluding hydrogens is 418 g/mol. The van der Waals surface area contributed by atoms with E-state index in [0.717, 1.165) is 10.9 Å². The molecule has 1 atom stereocenters. The van der Waals surface area contributed by atoms with E-state index in [2.05, 4.69) is 4.98 Å². The van der Waals surface area contributed by atoms with Crippen LogP contribution in [0, 0.1) is 18.3 Å². The molecule has 0 aliphatic rings. The van der Waals surface area contributed by atoms with Crippen LogP contribution in [-0.4, -0.2) is 48.4 Å². The predicted molar refractivity (Wildman–Crippen MR) is 127 cm³/mol. The number of amides is 1. The molecule has 7 nitrogen and oxygen atoms in total. The molecule has 33 heavy (non-hydrogen) atoms. The van der Waals surface area contributed by atoms with Gasteiger partial charge in [-0.25, -0.2) is 0 Å². The van der Waals surface area contributed by atoms with Gasteiger partial charge >= 0.3 is 0 Å². The second kappa shape index (κ2) is 10.0. The molecule has 0 bridgehead atoms. The standard InChI is InChI=1S/C26H27N3O4/c1-6-32-23-14-18(11-12-22(23)33-17(3)26(31)29(4)5)13-19(15-27)25(30)24-16(2)28-21-10-8-7-9-20(21)24/h7-14,17,28H,6H2,1-5H3. The number of aromatic nitrogens is 1. The van der Waals surface area contributed by atoms with Crippen LogP contribution in [0.15, 0.2) is 48.0 Å². The fourth-order valence-electron chi connectivity index (χ4n) is 3.60. The van der Waals surface area contributed by atoms with Crippen molar-refractivity contribution in [3.05, 3.63) is 64.9 Å². The third-order valence-corrected chi connectivity index (χ3v) is 5.16. The largest absolute Gasteiger partial charge is 0.490 e. The van der Waals surface area contributed by atoms with Crippen LogP contribution >= 0.6 is 0 Å². The second-order valence-electron chi connectivity index (χ2n) is 7.80. The van der Waals surface area contributed by atoms with E-state index in [1.54, 1.807) is 39.2 Å². The maximum atomic E-state index is 13.2. The lowest BCUT2D eigenvalue weighted by atomic mass is 9.99. The first-order chi connectivity index (χ1) is 15.8. The Labute approximate surface area is 193 Å². The van der Waals surface area contributed by atoms with Gasteiger partial charge in [0, 0.05) is 30.7 Å². The first-order valence-corrected chi connectivity index (χ1v) is 10.6. The highest BCUT2D eigenvalue weighted by Crippen LogP contribution is 2.31. The van der Waals surface area contributed by atoms with Crippen molar-refractivity contribution in [1.29, 1.82) is 5.26 Å². The zero-order valence-corrected chi connectivity index (χ0v) is 19.4. The van der Waals surface area contributed by atoms with Gasteiger partial charge in [0.1, 0.15) is 11.6 Å². The summed E-state index contributed by atoms with van der Waals surface area (Å²) in [5, 5.41) is 10.5. The topological polar surface area (TPSA) is 95.4 Å². The van der Waals surface area contributed by atoms with Crippen LogP contribution in [0.1, 0.15) is 35.5 Å². The molecule has 0 aliphatic carbocycles. The Morgan fingerprint density at radius 1 is 1.18 bits per heavy atom. The summed E-state index contributed by atoms with van der Waals surface area (Å²) in [7, 11) is 3.32. The number of fused-ring (bicyclic) bond motifs is 1. The summed E-state index contributed by atoms with van der Waals surface area (Å²) in [6, 6.07) is 14.6. The van der Waals surface area contributed by atoms with E-state index < -0.39 is 6.10 Å². The summed E-state index contributed by atoms with van der Waals surface area (Å²) in [6.07, 6.45) is 0.839. The molecule has 0 fully saturated rings. The Morgan fingerprint density at radius 3 is 2.58 bits per heavy atom. The van der Waals surface area contributed by atoms with E-state index in [9.17, 15) is 14.9 Å². The lowest BCUT2D eigenvalue weighted by Gasteiger charge is -2.20. The van der Waals surface area contributed by atoms with Crippen molar-refractivity contribution in [2.45, 2.75) is 26.9 Å². The van der Waals surface area contributed by atoms with E-state index in [1.807, 2.05) is 44.2 Å². The summed E-state index contributed by atoms with van der Waals surface area (Å²) >= 11 is 0. The molecule has 170 valence electrons. The van der Waals surface area contributed by atoms with Crippen molar-refractivity contribution in [1.82, 2.24) is 9.88 Å². The fourth-order valence-corrected chi connectivity index (χ4v) is 3.60. The number of hydrogen-bond acceptors (Lipinski definition) is 5. The number of nitrogens with one attached hydrogen (secondary N) is 1. The molecular formula is C26H27N3O4. The number of rotatable bonds is 8. The van der Waals surface area contributed by atoms with Gasteiger partial charge in [-0.05, 0) is 50.6 Å². The summed E-state index contributed by atoms with van der Waals surface area (Å²) in [4.78, 5) is 30.0. The quantitative estimate of drug-likeness (QED) is 0.312. The zero-order valence-electron chi connectivity index (χ0n) is 19.4. The van der Waals surface area contributed by atoms with Crippen LogP contribution in [0.3, 0.4) is 0 Å². The van der Waals surface area contributed by atoms with E-state index >= 15 is 0 Å². The Hall–Kier alpha value is -4.05. The lowest BCUT2D eigenvalue weighted by Crippen LogP contribution is -2.35. The van der Waals surface area contributed by atoms with Gasteiger partial charge < -0.3 is 19.4 Å². The monoisotopic (exact) mass is 445 g/mol. The minimum atomic E-state index is -0.693. The van der Waals surface area contributed by atoms with E-state index in [4.69, 9.17) is 9.47 Å². The minimum Gasteiger partial charge on any atom is -0.490 e. The number of H-pyrrole nitrogens is 1. The minimum absolute atomic E-state index is 0.00937. The summed E-state index contributed by atoms with van der Waals surface area (Å²) in [5.41, 5.74) is 2.66. The number of aromatic amines is 1. The molecule has 1 heterocycles. The average molecular weight is 446 g/mol. The van der Waals surface area contributed by atoms with Crippen molar-refractivity contribution < 1.29 is 19.1 Å². The number of nitrogens with zero attached hydrogens (tertiary/aromatic N) is 2. The van der Waals surface area contributed by atoms with Gasteiger partial charge in [0.25, 0.3) is 5.91 Å². The third kappa shape index (κ3) is 5.07. The SMILES string of the molecule is CCOc1cc(C=C(C#N)C(=O)c2c(C)[nH]c3ccccc23)ccc1OC(C)C(=O)N(C)C. The maximum Gasteiger partial charge on any atom is 0.262 e. The molecule has 0 saturated heterocycles. The van der Waals surface area contributed by atoms with Gasteiger partial charge in [0.2, 0.25) is 5.78 Å². The van der Waals surface area contributed by atoms with Crippen LogP contribution in [0.5, 0.6) is 11.5 Å². The van der Waals surface area contributed by atoms with Crippen molar-refractivity contribution >= 4 is 28.7 Å².